The molecule has 5 nitrogen and oxygen atoms in total. The quantitative estimate of drug-likeness (QED) is 0.866. The second kappa shape index (κ2) is 4.71. The van der Waals surface area contributed by atoms with Gasteiger partial charge in [0.2, 0.25) is 0 Å². The van der Waals surface area contributed by atoms with Crippen molar-refractivity contribution in [1.82, 2.24) is 24.6 Å². The lowest BCUT2D eigenvalue weighted by Crippen LogP contribution is -2.21. The topological polar surface area (TPSA) is 47.7 Å². The van der Waals surface area contributed by atoms with Crippen LogP contribution in [-0.2, 0) is 20.6 Å². The highest BCUT2D eigenvalue weighted by Gasteiger charge is 2.11. The van der Waals surface area contributed by atoms with Gasteiger partial charge in [-0.2, -0.15) is 5.10 Å². The van der Waals surface area contributed by atoms with Gasteiger partial charge in [0.15, 0.2) is 0 Å². The zero-order chi connectivity index (χ0) is 12.4. The molecule has 1 atom stereocenters. The van der Waals surface area contributed by atoms with Crippen LogP contribution in [0.2, 0.25) is 0 Å². The molecule has 17 heavy (non-hydrogen) atoms. The molecular formula is C12H19N5. The Balaban J connectivity index is 1.99. The standard InChI is InChI=1S/C12H19N5/c1-9(12-13-5-6-16(12)3)14-7-11-8-15-17(4)10(11)2/h5-6,8-9,14H,7H2,1-4H3. The van der Waals surface area contributed by atoms with Gasteiger partial charge in [-0.25, -0.2) is 4.98 Å². The fourth-order valence-corrected chi connectivity index (χ4v) is 1.87. The van der Waals surface area contributed by atoms with E-state index in [2.05, 4.69) is 29.2 Å². The van der Waals surface area contributed by atoms with Gasteiger partial charge in [-0.05, 0) is 13.8 Å². The first kappa shape index (κ1) is 11.9. The van der Waals surface area contributed by atoms with Crippen LogP contribution < -0.4 is 5.32 Å². The Morgan fingerprint density at radius 2 is 2.18 bits per heavy atom. The summed E-state index contributed by atoms with van der Waals surface area (Å²) in [5.41, 5.74) is 2.43. The number of imidazole rings is 1. The highest BCUT2D eigenvalue weighted by molar-refractivity contribution is 5.15. The molecule has 0 spiro atoms. The zero-order valence-corrected chi connectivity index (χ0v) is 10.8. The summed E-state index contributed by atoms with van der Waals surface area (Å²) in [7, 11) is 3.97. The second-order valence-corrected chi connectivity index (χ2v) is 4.38. The lowest BCUT2D eigenvalue weighted by molar-refractivity contribution is 0.528. The van der Waals surface area contributed by atoms with Gasteiger partial charge in [-0.3, -0.25) is 4.68 Å². The normalized spacial score (nSPS) is 12.9. The van der Waals surface area contributed by atoms with Crippen molar-refractivity contribution >= 4 is 0 Å². The number of aromatic nitrogens is 4. The van der Waals surface area contributed by atoms with E-state index in [0.717, 1.165) is 12.4 Å². The SMILES string of the molecule is Cc1c(CNC(C)c2nccn2C)cnn1C. The summed E-state index contributed by atoms with van der Waals surface area (Å²) in [4.78, 5) is 4.34. The number of rotatable bonds is 4. The first-order valence-electron chi connectivity index (χ1n) is 5.77. The number of hydrogen-bond donors (Lipinski definition) is 1. The molecule has 0 fully saturated rings. The van der Waals surface area contributed by atoms with Crippen LogP contribution in [0.15, 0.2) is 18.6 Å². The Labute approximate surface area is 101 Å². The van der Waals surface area contributed by atoms with E-state index in [1.807, 2.05) is 41.9 Å². The Kier molecular flexibility index (Phi) is 3.28. The summed E-state index contributed by atoms with van der Waals surface area (Å²) in [6, 6.07) is 0.231. The lowest BCUT2D eigenvalue weighted by atomic mass is 10.2. The third-order valence-electron chi connectivity index (χ3n) is 3.18. The molecule has 0 aliphatic heterocycles. The second-order valence-electron chi connectivity index (χ2n) is 4.38. The zero-order valence-electron chi connectivity index (χ0n) is 10.8. The third kappa shape index (κ3) is 2.39. The molecule has 1 unspecified atom stereocenters. The maximum Gasteiger partial charge on any atom is 0.125 e. The Morgan fingerprint density at radius 1 is 1.41 bits per heavy atom. The van der Waals surface area contributed by atoms with E-state index in [-0.39, 0.29) is 6.04 Å². The number of aryl methyl sites for hydroxylation is 2. The largest absolute Gasteiger partial charge is 0.337 e. The average molecular weight is 233 g/mol. The van der Waals surface area contributed by atoms with E-state index in [1.54, 1.807) is 0 Å². The molecule has 0 aliphatic carbocycles. The van der Waals surface area contributed by atoms with E-state index >= 15 is 0 Å². The smallest absolute Gasteiger partial charge is 0.125 e. The number of nitrogens with one attached hydrogen (secondary N) is 1. The minimum atomic E-state index is 0.231. The van der Waals surface area contributed by atoms with Crippen LogP contribution in [0.25, 0.3) is 0 Å². The maximum atomic E-state index is 4.34. The molecule has 2 heterocycles. The van der Waals surface area contributed by atoms with Crippen molar-refractivity contribution in [3.05, 3.63) is 35.7 Å². The first-order chi connectivity index (χ1) is 8.09. The molecule has 92 valence electrons. The molecule has 2 aromatic rings. The predicted molar refractivity (Wildman–Crippen MR) is 66.4 cm³/mol. The molecule has 2 aromatic heterocycles. The Bertz CT molecular complexity index is 497. The van der Waals surface area contributed by atoms with Crippen LogP contribution in [0.3, 0.4) is 0 Å². The highest BCUT2D eigenvalue weighted by Crippen LogP contribution is 2.11. The summed E-state index contributed by atoms with van der Waals surface area (Å²) in [6.07, 6.45) is 5.69. The van der Waals surface area contributed by atoms with E-state index in [9.17, 15) is 0 Å². The van der Waals surface area contributed by atoms with Gasteiger partial charge in [0.25, 0.3) is 0 Å². The average Bonchev–Trinajstić information content (AvgIpc) is 2.85. The van der Waals surface area contributed by atoms with Crippen LogP contribution >= 0.6 is 0 Å². The van der Waals surface area contributed by atoms with Gasteiger partial charge in [0, 0.05) is 44.3 Å². The van der Waals surface area contributed by atoms with Gasteiger partial charge in [0.1, 0.15) is 5.82 Å². The molecular weight excluding hydrogens is 214 g/mol. The summed E-state index contributed by atoms with van der Waals surface area (Å²) < 4.78 is 3.93. The molecule has 0 aliphatic rings. The van der Waals surface area contributed by atoms with Gasteiger partial charge in [-0.15, -0.1) is 0 Å². The number of hydrogen-bond acceptors (Lipinski definition) is 3. The molecule has 0 saturated heterocycles. The van der Waals surface area contributed by atoms with Crippen LogP contribution in [0, 0.1) is 6.92 Å². The molecule has 0 bridgehead atoms. The van der Waals surface area contributed by atoms with E-state index in [0.29, 0.717) is 0 Å². The Morgan fingerprint density at radius 3 is 2.71 bits per heavy atom. The van der Waals surface area contributed by atoms with Crippen LogP contribution in [0.5, 0.6) is 0 Å². The van der Waals surface area contributed by atoms with Gasteiger partial charge >= 0.3 is 0 Å². The molecule has 5 heteroatoms. The van der Waals surface area contributed by atoms with Gasteiger partial charge in [-0.1, -0.05) is 0 Å². The molecule has 0 saturated carbocycles. The van der Waals surface area contributed by atoms with E-state index in [1.165, 1.54) is 11.3 Å². The van der Waals surface area contributed by atoms with Crippen molar-refractivity contribution in [3.63, 3.8) is 0 Å². The Hall–Kier alpha value is -1.62. The predicted octanol–water partition coefficient (Wildman–Crippen LogP) is 1.31. The molecule has 0 amide bonds. The maximum absolute atomic E-state index is 4.34. The van der Waals surface area contributed by atoms with Gasteiger partial charge < -0.3 is 9.88 Å². The van der Waals surface area contributed by atoms with Crippen LogP contribution in [0.1, 0.15) is 30.0 Å². The van der Waals surface area contributed by atoms with Crippen LogP contribution in [-0.4, -0.2) is 19.3 Å². The fourth-order valence-electron chi connectivity index (χ4n) is 1.87. The van der Waals surface area contributed by atoms with E-state index in [4.69, 9.17) is 0 Å². The van der Waals surface area contributed by atoms with Crippen molar-refractivity contribution in [3.8, 4) is 0 Å². The van der Waals surface area contributed by atoms with Crippen molar-refractivity contribution in [2.24, 2.45) is 14.1 Å². The third-order valence-corrected chi connectivity index (χ3v) is 3.18. The first-order valence-corrected chi connectivity index (χ1v) is 5.77. The summed E-state index contributed by atoms with van der Waals surface area (Å²) in [5, 5.41) is 7.69. The van der Waals surface area contributed by atoms with Gasteiger partial charge in [0.05, 0.1) is 12.2 Å². The van der Waals surface area contributed by atoms with E-state index < -0.39 is 0 Å². The minimum absolute atomic E-state index is 0.231. The van der Waals surface area contributed by atoms with Crippen molar-refractivity contribution in [2.75, 3.05) is 0 Å². The molecule has 0 aromatic carbocycles. The minimum Gasteiger partial charge on any atom is -0.337 e. The number of nitrogens with zero attached hydrogens (tertiary/aromatic N) is 4. The van der Waals surface area contributed by atoms with Crippen molar-refractivity contribution in [1.29, 1.82) is 0 Å². The lowest BCUT2D eigenvalue weighted by Gasteiger charge is -2.13. The monoisotopic (exact) mass is 233 g/mol. The summed E-state index contributed by atoms with van der Waals surface area (Å²) in [6.45, 7) is 5.01. The summed E-state index contributed by atoms with van der Waals surface area (Å²) >= 11 is 0. The highest BCUT2D eigenvalue weighted by atomic mass is 15.3. The molecule has 2 rings (SSSR count). The summed E-state index contributed by atoms with van der Waals surface area (Å²) in [5.74, 6) is 1.05. The van der Waals surface area contributed by atoms with Crippen LogP contribution in [0.4, 0.5) is 0 Å². The molecule has 1 N–H and O–H groups in total. The fraction of sp³-hybridized carbons (Fsp3) is 0.500. The van der Waals surface area contributed by atoms with Crippen molar-refractivity contribution < 1.29 is 0 Å². The van der Waals surface area contributed by atoms with Crippen molar-refractivity contribution in [2.45, 2.75) is 26.4 Å². The molecule has 0 radical (unpaired) electrons.